The van der Waals surface area contributed by atoms with Crippen LogP contribution in [0.25, 0.3) is 21.6 Å². The zero-order valence-corrected chi connectivity index (χ0v) is 16.8. The van der Waals surface area contributed by atoms with Gasteiger partial charge in [0.25, 0.3) is 5.91 Å². The van der Waals surface area contributed by atoms with Gasteiger partial charge in [0.2, 0.25) is 0 Å². The lowest BCUT2D eigenvalue weighted by Crippen LogP contribution is -2.34. The number of fused-ring (bicyclic) bond motifs is 1. The van der Waals surface area contributed by atoms with Gasteiger partial charge in [0.15, 0.2) is 5.65 Å². The van der Waals surface area contributed by atoms with E-state index in [1.165, 1.54) is 19.3 Å². The summed E-state index contributed by atoms with van der Waals surface area (Å²) in [5.41, 5.74) is 2.39. The standard InChI is InChI=1S/C21H26N4OS/c1-15(2)25-20-17(14-22-25)16(13-18(23-20)19-9-8-12-27-19)21(26)24-10-6-4-3-5-7-11-24/h8-9,12-15H,3-7,10-11H2,1-2H3. The minimum Gasteiger partial charge on any atom is -0.339 e. The lowest BCUT2D eigenvalue weighted by Gasteiger charge is -2.25. The number of amides is 1. The molecule has 4 heterocycles. The van der Waals surface area contributed by atoms with E-state index in [4.69, 9.17) is 4.98 Å². The molecule has 3 aromatic rings. The van der Waals surface area contributed by atoms with Crippen LogP contribution < -0.4 is 0 Å². The molecule has 4 rings (SSSR count). The average Bonchev–Trinajstić information content (AvgIpc) is 3.29. The second-order valence-electron chi connectivity index (χ2n) is 7.51. The van der Waals surface area contributed by atoms with Crippen molar-refractivity contribution in [3.63, 3.8) is 0 Å². The Labute approximate surface area is 164 Å². The molecule has 0 aliphatic carbocycles. The minimum atomic E-state index is 0.116. The fourth-order valence-electron chi connectivity index (χ4n) is 3.74. The predicted molar refractivity (Wildman–Crippen MR) is 110 cm³/mol. The first-order chi connectivity index (χ1) is 13.1. The predicted octanol–water partition coefficient (Wildman–Crippen LogP) is 5.15. The number of pyridine rings is 1. The molecule has 0 N–H and O–H groups in total. The third-order valence-electron chi connectivity index (χ3n) is 5.20. The highest BCUT2D eigenvalue weighted by Gasteiger charge is 2.23. The summed E-state index contributed by atoms with van der Waals surface area (Å²) in [7, 11) is 0. The van der Waals surface area contributed by atoms with Crippen molar-refractivity contribution >= 4 is 28.3 Å². The van der Waals surface area contributed by atoms with Crippen molar-refractivity contribution < 1.29 is 4.79 Å². The van der Waals surface area contributed by atoms with E-state index in [1.54, 1.807) is 17.5 Å². The van der Waals surface area contributed by atoms with Crippen LogP contribution in [0.1, 0.15) is 62.4 Å². The SMILES string of the molecule is CC(C)n1ncc2c(C(=O)N3CCCCCCC3)cc(-c3cccs3)nc21. The van der Waals surface area contributed by atoms with Gasteiger partial charge < -0.3 is 4.90 Å². The number of carbonyl (C=O) groups is 1. The van der Waals surface area contributed by atoms with Crippen LogP contribution in [-0.4, -0.2) is 38.7 Å². The Morgan fingerprint density at radius 3 is 2.56 bits per heavy atom. The molecule has 142 valence electrons. The highest BCUT2D eigenvalue weighted by Crippen LogP contribution is 2.30. The Hall–Kier alpha value is -2.21. The van der Waals surface area contributed by atoms with Crippen LogP contribution in [0.2, 0.25) is 0 Å². The number of nitrogens with zero attached hydrogens (tertiary/aromatic N) is 4. The van der Waals surface area contributed by atoms with Gasteiger partial charge in [-0.15, -0.1) is 11.3 Å². The summed E-state index contributed by atoms with van der Waals surface area (Å²) in [5.74, 6) is 0.116. The summed E-state index contributed by atoms with van der Waals surface area (Å²) in [6, 6.07) is 6.23. The van der Waals surface area contributed by atoms with E-state index in [1.807, 2.05) is 27.1 Å². The van der Waals surface area contributed by atoms with Crippen LogP contribution in [-0.2, 0) is 0 Å². The number of carbonyl (C=O) groups excluding carboxylic acids is 1. The van der Waals surface area contributed by atoms with Gasteiger partial charge in [-0.1, -0.05) is 25.3 Å². The number of aromatic nitrogens is 3. The van der Waals surface area contributed by atoms with E-state index in [-0.39, 0.29) is 11.9 Å². The normalized spacial score (nSPS) is 15.9. The quantitative estimate of drug-likeness (QED) is 0.630. The van der Waals surface area contributed by atoms with E-state index in [2.05, 4.69) is 25.0 Å². The lowest BCUT2D eigenvalue weighted by atomic mass is 10.1. The Morgan fingerprint density at radius 2 is 1.89 bits per heavy atom. The average molecular weight is 383 g/mol. The number of hydrogen-bond acceptors (Lipinski definition) is 4. The molecule has 1 fully saturated rings. The highest BCUT2D eigenvalue weighted by molar-refractivity contribution is 7.13. The van der Waals surface area contributed by atoms with E-state index >= 15 is 0 Å². The molecule has 0 bridgehead atoms. The fourth-order valence-corrected chi connectivity index (χ4v) is 4.43. The first kappa shape index (κ1) is 18.2. The van der Waals surface area contributed by atoms with Gasteiger partial charge in [-0.2, -0.15) is 5.10 Å². The second-order valence-corrected chi connectivity index (χ2v) is 8.46. The molecule has 0 radical (unpaired) electrons. The fraction of sp³-hybridized carbons (Fsp3) is 0.476. The van der Waals surface area contributed by atoms with Crippen LogP contribution in [0.15, 0.2) is 29.8 Å². The molecule has 1 amide bonds. The van der Waals surface area contributed by atoms with Gasteiger partial charge in [-0.3, -0.25) is 4.79 Å². The van der Waals surface area contributed by atoms with Crippen molar-refractivity contribution in [1.82, 2.24) is 19.7 Å². The second kappa shape index (κ2) is 7.80. The Balaban J connectivity index is 1.81. The molecular weight excluding hydrogens is 356 g/mol. The molecule has 6 heteroatoms. The van der Waals surface area contributed by atoms with Gasteiger partial charge in [-0.25, -0.2) is 9.67 Å². The van der Waals surface area contributed by atoms with Gasteiger partial charge in [-0.05, 0) is 44.2 Å². The summed E-state index contributed by atoms with van der Waals surface area (Å²) >= 11 is 1.65. The molecular formula is C21H26N4OS. The van der Waals surface area contributed by atoms with Crippen molar-refractivity contribution in [2.45, 2.75) is 52.0 Å². The minimum absolute atomic E-state index is 0.116. The maximum Gasteiger partial charge on any atom is 0.254 e. The molecule has 0 aromatic carbocycles. The smallest absolute Gasteiger partial charge is 0.254 e. The summed E-state index contributed by atoms with van der Waals surface area (Å²) in [6.07, 6.45) is 7.68. The van der Waals surface area contributed by atoms with Gasteiger partial charge in [0, 0.05) is 19.1 Å². The maximum atomic E-state index is 13.4. The summed E-state index contributed by atoms with van der Waals surface area (Å²) in [5, 5.41) is 7.43. The molecule has 3 aromatic heterocycles. The van der Waals surface area contributed by atoms with Crippen molar-refractivity contribution in [2.24, 2.45) is 0 Å². The molecule has 1 saturated heterocycles. The topological polar surface area (TPSA) is 51.0 Å². The van der Waals surface area contributed by atoms with Crippen molar-refractivity contribution in [1.29, 1.82) is 0 Å². The third kappa shape index (κ3) is 3.63. The van der Waals surface area contributed by atoms with Gasteiger partial charge in [0.05, 0.1) is 27.7 Å². The van der Waals surface area contributed by atoms with Crippen LogP contribution in [0.5, 0.6) is 0 Å². The van der Waals surface area contributed by atoms with Crippen LogP contribution in [0.3, 0.4) is 0 Å². The van der Waals surface area contributed by atoms with Crippen LogP contribution >= 0.6 is 11.3 Å². The van der Waals surface area contributed by atoms with E-state index in [0.29, 0.717) is 0 Å². The Kier molecular flexibility index (Phi) is 5.25. The molecule has 0 atom stereocenters. The van der Waals surface area contributed by atoms with E-state index < -0.39 is 0 Å². The Bertz CT molecular complexity index is 921. The third-order valence-corrected chi connectivity index (χ3v) is 6.10. The number of hydrogen-bond donors (Lipinski definition) is 0. The van der Waals surface area contributed by atoms with Crippen LogP contribution in [0.4, 0.5) is 0 Å². The molecule has 1 aliphatic rings. The van der Waals surface area contributed by atoms with Gasteiger partial charge >= 0.3 is 0 Å². The zero-order valence-electron chi connectivity index (χ0n) is 16.0. The largest absolute Gasteiger partial charge is 0.339 e. The molecule has 0 unspecified atom stereocenters. The first-order valence-electron chi connectivity index (χ1n) is 9.86. The van der Waals surface area contributed by atoms with Crippen molar-refractivity contribution in [3.8, 4) is 10.6 Å². The first-order valence-corrected chi connectivity index (χ1v) is 10.7. The van der Waals surface area contributed by atoms with Crippen molar-refractivity contribution in [2.75, 3.05) is 13.1 Å². The number of rotatable bonds is 3. The summed E-state index contributed by atoms with van der Waals surface area (Å²) in [6.45, 7) is 5.86. The van der Waals surface area contributed by atoms with Crippen LogP contribution in [0, 0.1) is 0 Å². The molecule has 27 heavy (non-hydrogen) atoms. The molecule has 0 spiro atoms. The molecule has 5 nitrogen and oxygen atoms in total. The van der Waals surface area contributed by atoms with Gasteiger partial charge in [0.1, 0.15) is 0 Å². The molecule has 1 aliphatic heterocycles. The van der Waals surface area contributed by atoms with E-state index in [9.17, 15) is 4.79 Å². The maximum absolute atomic E-state index is 13.4. The summed E-state index contributed by atoms with van der Waals surface area (Å²) < 4.78 is 1.91. The number of thiophene rings is 1. The monoisotopic (exact) mass is 382 g/mol. The lowest BCUT2D eigenvalue weighted by molar-refractivity contribution is 0.0744. The zero-order chi connectivity index (χ0) is 18.8. The molecule has 0 saturated carbocycles. The highest BCUT2D eigenvalue weighted by atomic mass is 32.1. The van der Waals surface area contributed by atoms with Crippen molar-refractivity contribution in [3.05, 3.63) is 35.3 Å². The Morgan fingerprint density at radius 1 is 1.15 bits per heavy atom. The van der Waals surface area contributed by atoms with E-state index in [0.717, 1.165) is 53.1 Å². The summed E-state index contributed by atoms with van der Waals surface area (Å²) in [4.78, 5) is 21.4. The number of likely N-dealkylation sites (tertiary alicyclic amines) is 1.